The van der Waals surface area contributed by atoms with Crippen LogP contribution in [0.2, 0.25) is 0 Å². The number of unbranched alkanes of at least 4 members (excludes halogenated alkanes) is 36. The molecule has 0 bridgehead atoms. The lowest BCUT2D eigenvalue weighted by atomic mass is 9.58. The summed E-state index contributed by atoms with van der Waals surface area (Å²) in [6.45, 7) is 7.26. The smallest absolute Gasteiger partial charge is 0.312 e. The van der Waals surface area contributed by atoms with Gasteiger partial charge in [-0.15, -0.1) is 0 Å². The summed E-state index contributed by atoms with van der Waals surface area (Å²) in [5.41, 5.74) is 1.35. The van der Waals surface area contributed by atoms with E-state index >= 15 is 0 Å². The van der Waals surface area contributed by atoms with Crippen molar-refractivity contribution in [2.75, 3.05) is 0 Å². The van der Waals surface area contributed by atoms with Gasteiger partial charge in [0.1, 0.15) is 0 Å². The summed E-state index contributed by atoms with van der Waals surface area (Å²) >= 11 is 0. The minimum Gasteiger partial charge on any atom is -0.384 e. The molecule has 2 heteroatoms. The van der Waals surface area contributed by atoms with Crippen LogP contribution < -0.4 is 0 Å². The first-order valence-corrected chi connectivity index (χ1v) is 25.0. The summed E-state index contributed by atoms with van der Waals surface area (Å²) in [5.74, 6) is 4.85. The Labute approximate surface area is 342 Å². The van der Waals surface area contributed by atoms with E-state index in [0.717, 1.165) is 0 Å². The SMILES string of the molecule is CCCCCCCCCCCCCC/C=C/B1C=CC=C(/C=C/CCCCCCCCCCCCCC)N1/C=C/CCCCCCCCCCCCCC. The molecule has 1 heterocycles. The number of allylic oxidation sites excluding steroid dienone is 6. The highest BCUT2D eigenvalue weighted by Crippen LogP contribution is 2.20. The molecular formula is C52H96BN. The van der Waals surface area contributed by atoms with Crippen LogP contribution in [0.3, 0.4) is 0 Å². The Hall–Kier alpha value is -1.44. The fourth-order valence-electron chi connectivity index (χ4n) is 8.04. The lowest BCUT2D eigenvalue weighted by Gasteiger charge is -2.28. The third kappa shape index (κ3) is 33.9. The molecule has 312 valence electrons. The maximum absolute atomic E-state index is 2.53. The van der Waals surface area contributed by atoms with Gasteiger partial charge in [-0.1, -0.05) is 269 Å². The third-order valence-corrected chi connectivity index (χ3v) is 11.8. The summed E-state index contributed by atoms with van der Waals surface area (Å²) in [4.78, 5) is 2.53. The summed E-state index contributed by atoms with van der Waals surface area (Å²) in [5, 5.41) is 0. The quantitative estimate of drug-likeness (QED) is 0.0444. The van der Waals surface area contributed by atoms with E-state index in [1.54, 1.807) is 0 Å². The number of nitrogens with zero attached hydrogens (tertiary/aromatic N) is 1. The maximum atomic E-state index is 2.53. The van der Waals surface area contributed by atoms with E-state index in [-0.39, 0.29) is 0 Å². The van der Waals surface area contributed by atoms with Crippen LogP contribution in [0.1, 0.15) is 271 Å². The standard InChI is InChI=1S/C52H96BN/c1-4-7-10-13-16-19-22-25-28-31-34-37-40-43-47-52-48-46-50-53(49-44-41-38-35-32-29-26-23-20-17-14-11-8-5-2)54(52)51-45-42-39-36-33-30-27-24-21-18-15-12-9-6-3/h43-51H,4-42H2,1-3H3/b47-43+,49-44+,51-45+. The zero-order chi connectivity index (χ0) is 38.7. The van der Waals surface area contributed by atoms with E-state index in [4.69, 9.17) is 0 Å². The topological polar surface area (TPSA) is 3.24 Å². The van der Waals surface area contributed by atoms with Gasteiger partial charge in [-0.3, -0.25) is 0 Å². The third-order valence-electron chi connectivity index (χ3n) is 11.8. The Bertz CT molecular complexity index is 896. The van der Waals surface area contributed by atoms with Crippen LogP contribution in [0.5, 0.6) is 0 Å². The second-order valence-electron chi connectivity index (χ2n) is 17.1. The van der Waals surface area contributed by atoms with Crippen LogP contribution in [0, 0.1) is 0 Å². The fourth-order valence-corrected chi connectivity index (χ4v) is 8.04. The van der Waals surface area contributed by atoms with Gasteiger partial charge < -0.3 is 4.81 Å². The van der Waals surface area contributed by atoms with Gasteiger partial charge in [0.05, 0.1) is 0 Å². The molecule has 0 saturated heterocycles. The molecule has 0 N–H and O–H groups in total. The highest BCUT2D eigenvalue weighted by Gasteiger charge is 2.19. The van der Waals surface area contributed by atoms with Crippen LogP contribution in [0.25, 0.3) is 0 Å². The first-order valence-electron chi connectivity index (χ1n) is 25.0. The van der Waals surface area contributed by atoms with Crippen LogP contribution in [-0.4, -0.2) is 11.7 Å². The zero-order valence-corrected chi connectivity index (χ0v) is 37.3. The van der Waals surface area contributed by atoms with E-state index in [0.29, 0.717) is 6.85 Å². The van der Waals surface area contributed by atoms with Gasteiger partial charge in [-0.2, -0.15) is 0 Å². The molecule has 0 spiro atoms. The molecule has 0 aromatic rings. The molecule has 0 saturated carbocycles. The van der Waals surface area contributed by atoms with Crippen LogP contribution in [0.15, 0.2) is 60.3 Å². The fraction of sp³-hybridized carbons (Fsp3) is 0.808. The molecule has 0 radical (unpaired) electrons. The molecule has 0 fully saturated rings. The minimum absolute atomic E-state index is 0.330. The number of hydrogen-bond donors (Lipinski definition) is 0. The highest BCUT2D eigenvalue weighted by molar-refractivity contribution is 6.67. The van der Waals surface area contributed by atoms with Gasteiger partial charge in [0.25, 0.3) is 0 Å². The van der Waals surface area contributed by atoms with Gasteiger partial charge in [0.15, 0.2) is 0 Å². The molecule has 1 aliphatic heterocycles. The molecular weight excluding hydrogens is 649 g/mol. The van der Waals surface area contributed by atoms with Crippen molar-refractivity contribution in [1.29, 1.82) is 0 Å². The lowest BCUT2D eigenvalue weighted by Crippen LogP contribution is -2.33. The van der Waals surface area contributed by atoms with Crippen molar-refractivity contribution in [3.05, 3.63) is 60.3 Å². The summed E-state index contributed by atoms with van der Waals surface area (Å²) in [6.07, 6.45) is 71.5. The second-order valence-corrected chi connectivity index (χ2v) is 17.1. The first kappa shape index (κ1) is 50.6. The van der Waals surface area contributed by atoms with E-state index in [2.05, 4.69) is 80.2 Å². The van der Waals surface area contributed by atoms with E-state index in [9.17, 15) is 0 Å². The molecule has 1 nitrogen and oxygen atoms in total. The molecule has 1 rings (SSSR count). The van der Waals surface area contributed by atoms with Gasteiger partial charge in [0, 0.05) is 5.70 Å². The van der Waals surface area contributed by atoms with E-state index in [1.807, 2.05) is 0 Å². The van der Waals surface area contributed by atoms with Crippen LogP contribution in [0.4, 0.5) is 0 Å². The van der Waals surface area contributed by atoms with Crippen LogP contribution in [-0.2, 0) is 0 Å². The summed E-state index contributed by atoms with van der Waals surface area (Å²) in [7, 11) is 0. The number of hydrogen-bond acceptors (Lipinski definition) is 1. The highest BCUT2D eigenvalue weighted by atomic mass is 15.0. The Kier molecular flexibility index (Phi) is 40.0. The van der Waals surface area contributed by atoms with Crippen molar-refractivity contribution in [1.82, 2.24) is 4.81 Å². The molecule has 54 heavy (non-hydrogen) atoms. The Morgan fingerprint density at radius 2 is 0.704 bits per heavy atom. The molecule has 0 aromatic carbocycles. The van der Waals surface area contributed by atoms with Crippen LogP contribution >= 0.6 is 0 Å². The summed E-state index contributed by atoms with van der Waals surface area (Å²) < 4.78 is 0. The van der Waals surface area contributed by atoms with E-state index in [1.165, 1.54) is 256 Å². The van der Waals surface area contributed by atoms with Crippen molar-refractivity contribution in [2.24, 2.45) is 0 Å². The van der Waals surface area contributed by atoms with Gasteiger partial charge in [-0.25, -0.2) is 0 Å². The Morgan fingerprint density at radius 3 is 1.07 bits per heavy atom. The van der Waals surface area contributed by atoms with Crippen molar-refractivity contribution in [2.45, 2.75) is 271 Å². The minimum atomic E-state index is 0.330. The van der Waals surface area contributed by atoms with Gasteiger partial charge in [0.2, 0.25) is 0 Å². The van der Waals surface area contributed by atoms with Crippen molar-refractivity contribution >= 4 is 6.85 Å². The Balaban J connectivity index is 2.39. The normalized spacial score (nSPS) is 13.5. The van der Waals surface area contributed by atoms with Gasteiger partial charge >= 0.3 is 6.85 Å². The summed E-state index contributed by atoms with van der Waals surface area (Å²) in [6, 6.07) is 0. The largest absolute Gasteiger partial charge is 0.384 e. The van der Waals surface area contributed by atoms with Crippen molar-refractivity contribution in [3.63, 3.8) is 0 Å². The Morgan fingerprint density at radius 1 is 0.389 bits per heavy atom. The van der Waals surface area contributed by atoms with E-state index < -0.39 is 0 Å². The first-order chi connectivity index (χ1) is 26.8. The van der Waals surface area contributed by atoms with Crippen molar-refractivity contribution in [3.8, 4) is 0 Å². The molecule has 0 atom stereocenters. The predicted octanol–water partition coefficient (Wildman–Crippen LogP) is 18.7. The maximum Gasteiger partial charge on any atom is 0.312 e. The predicted molar refractivity (Wildman–Crippen MR) is 249 cm³/mol. The molecule has 1 aliphatic rings. The zero-order valence-electron chi connectivity index (χ0n) is 37.3. The molecule has 0 amide bonds. The second kappa shape index (κ2) is 42.7. The van der Waals surface area contributed by atoms with Crippen molar-refractivity contribution < 1.29 is 0 Å². The monoisotopic (exact) mass is 746 g/mol. The lowest BCUT2D eigenvalue weighted by molar-refractivity contribution is 0.544. The average molecular weight is 746 g/mol. The average Bonchev–Trinajstić information content (AvgIpc) is 3.18. The molecule has 0 aromatic heterocycles. The van der Waals surface area contributed by atoms with Gasteiger partial charge in [-0.05, 0) is 56.9 Å². The molecule has 0 aliphatic carbocycles. The number of rotatable bonds is 42. The molecule has 0 unspecified atom stereocenters.